The van der Waals surface area contributed by atoms with Gasteiger partial charge in [-0.3, -0.25) is 9.59 Å². The van der Waals surface area contributed by atoms with Crippen molar-refractivity contribution in [3.8, 4) is 28.4 Å². The minimum Gasteiger partial charge on any atom is -0.491 e. The van der Waals surface area contributed by atoms with Crippen molar-refractivity contribution >= 4 is 22.3 Å². The van der Waals surface area contributed by atoms with Gasteiger partial charge in [0.25, 0.3) is 0 Å². The highest BCUT2D eigenvalue weighted by molar-refractivity contribution is 6.54. The van der Waals surface area contributed by atoms with Gasteiger partial charge in [0.1, 0.15) is 30.0 Å². The number of carbonyl (C=O) groups excluding carboxylic acids is 2. The van der Waals surface area contributed by atoms with E-state index in [2.05, 4.69) is 0 Å². The van der Waals surface area contributed by atoms with Crippen molar-refractivity contribution in [1.29, 1.82) is 0 Å². The first-order chi connectivity index (χ1) is 15.9. The molecule has 0 radical (unpaired) electrons. The van der Waals surface area contributed by atoms with E-state index in [4.69, 9.17) is 14.3 Å². The van der Waals surface area contributed by atoms with E-state index < -0.39 is 17.7 Å². The lowest BCUT2D eigenvalue weighted by Crippen LogP contribution is -2.21. The number of benzene rings is 3. The van der Waals surface area contributed by atoms with Gasteiger partial charge >= 0.3 is 0 Å². The molecule has 6 heteroatoms. The number of aliphatic hydroxyl groups is 2. The summed E-state index contributed by atoms with van der Waals surface area (Å²) < 4.78 is 11.7. The van der Waals surface area contributed by atoms with Crippen molar-refractivity contribution in [3.63, 3.8) is 0 Å². The van der Waals surface area contributed by atoms with Gasteiger partial charge in [-0.1, -0.05) is 24.3 Å². The Kier molecular flexibility index (Phi) is 5.12. The lowest BCUT2D eigenvalue weighted by Gasteiger charge is -2.16. The van der Waals surface area contributed by atoms with Gasteiger partial charge in [0.05, 0.1) is 12.2 Å². The van der Waals surface area contributed by atoms with E-state index in [9.17, 15) is 14.7 Å². The minimum atomic E-state index is -0.952. The number of aryl methyl sites for hydroxylation is 1. The zero-order valence-corrected chi connectivity index (χ0v) is 18.2. The van der Waals surface area contributed by atoms with Gasteiger partial charge in [-0.15, -0.1) is 0 Å². The van der Waals surface area contributed by atoms with E-state index in [1.165, 1.54) is 0 Å². The Hall–Kier alpha value is -3.74. The Bertz CT molecular complexity index is 1410. The van der Waals surface area contributed by atoms with Gasteiger partial charge in [-0.05, 0) is 60.5 Å². The third kappa shape index (κ3) is 3.35. The number of furan rings is 1. The van der Waals surface area contributed by atoms with Crippen LogP contribution in [0.1, 0.15) is 31.8 Å². The SMILES string of the molecule is Cc1c(-c2ccc(OCC(O)CO)cc2)oc2c1C(=O)C(=O)c1c-2ccc2c(C)cccc12. The molecule has 1 heterocycles. The van der Waals surface area contributed by atoms with Gasteiger partial charge in [-0.2, -0.15) is 0 Å². The molecule has 0 saturated carbocycles. The summed E-state index contributed by atoms with van der Waals surface area (Å²) in [6.45, 7) is 3.35. The first kappa shape index (κ1) is 21.1. The Morgan fingerprint density at radius 2 is 1.61 bits per heavy atom. The second kappa shape index (κ2) is 7.99. The van der Waals surface area contributed by atoms with E-state index >= 15 is 0 Å². The smallest absolute Gasteiger partial charge is 0.237 e. The standard InChI is InChI=1S/C27H22O6/c1-14-4-3-5-20-19(14)10-11-21-23(20)25(31)24(30)22-15(2)26(33-27(21)22)16-6-8-18(9-7-16)32-13-17(29)12-28/h3-11,17,28-29H,12-13H2,1-2H3. The highest BCUT2D eigenvalue weighted by atomic mass is 16.5. The zero-order chi connectivity index (χ0) is 23.3. The molecule has 2 N–H and O–H groups in total. The average molecular weight is 442 g/mol. The van der Waals surface area contributed by atoms with Crippen LogP contribution in [0.4, 0.5) is 0 Å². The van der Waals surface area contributed by atoms with Gasteiger partial charge < -0.3 is 19.4 Å². The molecule has 33 heavy (non-hydrogen) atoms. The lowest BCUT2D eigenvalue weighted by atomic mass is 9.83. The van der Waals surface area contributed by atoms with Gasteiger partial charge in [0.2, 0.25) is 11.6 Å². The molecule has 1 aliphatic rings. The van der Waals surface area contributed by atoms with Crippen LogP contribution in [0.5, 0.6) is 5.75 Å². The van der Waals surface area contributed by atoms with Crippen LogP contribution >= 0.6 is 0 Å². The molecule has 6 nitrogen and oxygen atoms in total. The van der Waals surface area contributed by atoms with E-state index in [0.29, 0.717) is 39.5 Å². The summed E-state index contributed by atoms with van der Waals surface area (Å²) in [5.74, 6) is 0.378. The van der Waals surface area contributed by atoms with Gasteiger partial charge in [0, 0.05) is 22.3 Å². The number of fused-ring (bicyclic) bond motifs is 5. The van der Waals surface area contributed by atoms with Gasteiger partial charge in [-0.25, -0.2) is 0 Å². The highest BCUT2D eigenvalue weighted by Crippen LogP contribution is 2.44. The largest absolute Gasteiger partial charge is 0.491 e. The number of ether oxygens (including phenoxy) is 1. The molecule has 5 rings (SSSR count). The topological polar surface area (TPSA) is 97.0 Å². The Labute approximate surface area is 190 Å². The first-order valence-electron chi connectivity index (χ1n) is 10.7. The normalized spacial score (nSPS) is 13.7. The second-order valence-electron chi connectivity index (χ2n) is 8.25. The molecule has 166 valence electrons. The molecule has 1 atom stereocenters. The molecule has 4 aromatic rings. The third-order valence-corrected chi connectivity index (χ3v) is 6.10. The second-order valence-corrected chi connectivity index (χ2v) is 8.25. The van der Waals surface area contributed by atoms with Crippen LogP contribution in [0.25, 0.3) is 33.4 Å². The number of ketones is 2. The Balaban J connectivity index is 1.60. The number of aliphatic hydroxyl groups excluding tert-OH is 2. The van der Waals surface area contributed by atoms with E-state index in [1.807, 2.05) is 37.3 Å². The van der Waals surface area contributed by atoms with Crippen LogP contribution in [0, 0.1) is 13.8 Å². The zero-order valence-electron chi connectivity index (χ0n) is 18.2. The van der Waals surface area contributed by atoms with E-state index in [0.717, 1.165) is 21.9 Å². The molecule has 0 amide bonds. The molecule has 0 spiro atoms. The highest BCUT2D eigenvalue weighted by Gasteiger charge is 2.37. The maximum Gasteiger partial charge on any atom is 0.237 e. The van der Waals surface area contributed by atoms with Crippen molar-refractivity contribution in [2.75, 3.05) is 13.2 Å². The monoisotopic (exact) mass is 442 g/mol. The summed E-state index contributed by atoms with van der Waals surface area (Å²) in [7, 11) is 0. The molecular formula is C27H22O6. The van der Waals surface area contributed by atoms with Crippen molar-refractivity contribution in [2.24, 2.45) is 0 Å². The van der Waals surface area contributed by atoms with Crippen molar-refractivity contribution in [3.05, 3.63) is 76.9 Å². The predicted octanol–water partition coefficient (Wildman–Crippen LogP) is 4.49. The number of hydrogen-bond donors (Lipinski definition) is 2. The molecular weight excluding hydrogens is 420 g/mol. The molecule has 0 aliphatic heterocycles. The van der Waals surface area contributed by atoms with Crippen molar-refractivity contribution in [2.45, 2.75) is 20.0 Å². The van der Waals surface area contributed by atoms with E-state index in [-0.39, 0.29) is 13.2 Å². The van der Waals surface area contributed by atoms with Crippen molar-refractivity contribution in [1.82, 2.24) is 0 Å². The summed E-state index contributed by atoms with van der Waals surface area (Å²) >= 11 is 0. The summed E-state index contributed by atoms with van der Waals surface area (Å²) in [4.78, 5) is 26.3. The van der Waals surface area contributed by atoms with Crippen LogP contribution in [0.3, 0.4) is 0 Å². The maximum atomic E-state index is 13.2. The molecule has 1 aromatic heterocycles. The fourth-order valence-electron chi connectivity index (χ4n) is 4.38. The lowest BCUT2D eigenvalue weighted by molar-refractivity contribution is 0.0536. The van der Waals surface area contributed by atoms with Crippen LogP contribution in [0.2, 0.25) is 0 Å². The quantitative estimate of drug-likeness (QED) is 0.442. The number of Topliss-reactive ketones (excluding diaryl/α,β-unsaturated/α-hetero) is 2. The third-order valence-electron chi connectivity index (χ3n) is 6.10. The molecule has 3 aromatic carbocycles. The average Bonchev–Trinajstić information content (AvgIpc) is 3.18. The fraction of sp³-hybridized carbons (Fsp3) is 0.185. The summed E-state index contributed by atoms with van der Waals surface area (Å²) in [5.41, 5.74) is 3.70. The molecule has 0 saturated heterocycles. The fourth-order valence-corrected chi connectivity index (χ4v) is 4.38. The number of carbonyl (C=O) groups is 2. The van der Waals surface area contributed by atoms with Crippen LogP contribution in [-0.4, -0.2) is 41.1 Å². The van der Waals surface area contributed by atoms with Crippen molar-refractivity contribution < 1.29 is 29.0 Å². The Morgan fingerprint density at radius 1 is 0.879 bits per heavy atom. The summed E-state index contributed by atoms with van der Waals surface area (Å²) in [6.07, 6.45) is -0.952. The molecule has 0 fully saturated rings. The summed E-state index contributed by atoms with van der Waals surface area (Å²) in [6, 6.07) is 16.5. The minimum absolute atomic E-state index is 0.0231. The van der Waals surface area contributed by atoms with Crippen LogP contribution < -0.4 is 4.74 Å². The molecule has 0 bridgehead atoms. The van der Waals surface area contributed by atoms with Crippen LogP contribution in [-0.2, 0) is 0 Å². The number of rotatable bonds is 5. The number of hydrogen-bond acceptors (Lipinski definition) is 6. The maximum absolute atomic E-state index is 13.2. The molecule has 1 unspecified atom stereocenters. The summed E-state index contributed by atoms with van der Waals surface area (Å²) in [5, 5.41) is 20.0. The van der Waals surface area contributed by atoms with E-state index in [1.54, 1.807) is 31.2 Å². The van der Waals surface area contributed by atoms with Gasteiger partial charge in [0.15, 0.2) is 0 Å². The Morgan fingerprint density at radius 3 is 2.33 bits per heavy atom. The predicted molar refractivity (Wildman–Crippen MR) is 124 cm³/mol. The molecule has 1 aliphatic carbocycles. The first-order valence-corrected chi connectivity index (χ1v) is 10.7. The van der Waals surface area contributed by atoms with Crippen LogP contribution in [0.15, 0.2) is 59.0 Å².